The van der Waals surface area contributed by atoms with Gasteiger partial charge < -0.3 is 9.47 Å². The fourth-order valence-corrected chi connectivity index (χ4v) is 0.673. The van der Waals surface area contributed by atoms with E-state index in [2.05, 4.69) is 4.98 Å². The van der Waals surface area contributed by atoms with Crippen LogP contribution in [-0.4, -0.2) is 19.2 Å². The molecule has 0 N–H and O–H groups in total. The maximum Gasteiger partial charge on any atom is 0.219 e. The highest BCUT2D eigenvalue weighted by Crippen LogP contribution is 2.17. The van der Waals surface area contributed by atoms with Gasteiger partial charge in [-0.3, -0.25) is 0 Å². The Kier molecular flexibility index (Phi) is 2.25. The van der Waals surface area contributed by atoms with Crippen molar-refractivity contribution in [1.29, 1.82) is 0 Å². The molecule has 3 nitrogen and oxygen atoms in total. The van der Waals surface area contributed by atoms with E-state index in [1.807, 2.05) is 0 Å². The first-order valence-corrected chi connectivity index (χ1v) is 3.02. The van der Waals surface area contributed by atoms with Gasteiger partial charge in [-0.15, -0.1) is 0 Å². The van der Waals surface area contributed by atoms with E-state index in [9.17, 15) is 4.39 Å². The molecule has 11 heavy (non-hydrogen) atoms. The lowest BCUT2D eigenvalue weighted by Crippen LogP contribution is -1.92. The summed E-state index contributed by atoms with van der Waals surface area (Å²) in [5.41, 5.74) is 0. The summed E-state index contributed by atoms with van der Waals surface area (Å²) in [6, 6.07) is 2.69. The molecule has 0 bridgehead atoms. The average Bonchev–Trinajstić information content (AvgIpc) is 2.03. The van der Waals surface area contributed by atoms with Crippen molar-refractivity contribution in [3.05, 3.63) is 18.1 Å². The summed E-state index contributed by atoms with van der Waals surface area (Å²) in [7, 11) is 2.87. The molecule has 0 saturated heterocycles. The van der Waals surface area contributed by atoms with Gasteiger partial charge in [-0.25, -0.2) is 0 Å². The molecule has 1 heterocycles. The van der Waals surface area contributed by atoms with Gasteiger partial charge in [-0.2, -0.15) is 9.37 Å². The minimum absolute atomic E-state index is 0.210. The second kappa shape index (κ2) is 3.18. The molecule has 0 amide bonds. The van der Waals surface area contributed by atoms with Crippen LogP contribution in [0.4, 0.5) is 4.39 Å². The molecule has 0 aromatic carbocycles. The average molecular weight is 157 g/mol. The molecule has 0 spiro atoms. The topological polar surface area (TPSA) is 31.4 Å². The van der Waals surface area contributed by atoms with Gasteiger partial charge in [0.25, 0.3) is 0 Å². The van der Waals surface area contributed by atoms with Crippen molar-refractivity contribution >= 4 is 0 Å². The summed E-state index contributed by atoms with van der Waals surface area (Å²) in [5, 5.41) is 0. The van der Waals surface area contributed by atoms with Gasteiger partial charge in [-0.05, 0) is 0 Å². The Balaban J connectivity index is 3.02. The first kappa shape index (κ1) is 7.78. The second-order valence-electron chi connectivity index (χ2n) is 1.87. The molecule has 0 fully saturated rings. The molecular formula is C7H8FNO2. The van der Waals surface area contributed by atoms with E-state index in [4.69, 9.17) is 9.47 Å². The van der Waals surface area contributed by atoms with Crippen LogP contribution in [0.3, 0.4) is 0 Å². The van der Waals surface area contributed by atoms with Gasteiger partial charge in [0, 0.05) is 12.1 Å². The molecule has 0 aliphatic rings. The van der Waals surface area contributed by atoms with Crippen molar-refractivity contribution in [2.45, 2.75) is 0 Å². The maximum absolute atomic E-state index is 12.5. The summed E-state index contributed by atoms with van der Waals surface area (Å²) in [6.07, 6.45) is 0. The lowest BCUT2D eigenvalue weighted by molar-refractivity contribution is 0.370. The van der Waals surface area contributed by atoms with E-state index in [0.29, 0.717) is 5.75 Å². The number of rotatable bonds is 2. The third-order valence-corrected chi connectivity index (χ3v) is 1.19. The zero-order valence-corrected chi connectivity index (χ0v) is 6.30. The zero-order valence-electron chi connectivity index (χ0n) is 6.30. The monoisotopic (exact) mass is 157 g/mol. The minimum atomic E-state index is -0.610. The number of hydrogen-bond acceptors (Lipinski definition) is 3. The Morgan fingerprint density at radius 2 is 2.00 bits per heavy atom. The van der Waals surface area contributed by atoms with Crippen LogP contribution >= 0.6 is 0 Å². The maximum atomic E-state index is 12.5. The zero-order chi connectivity index (χ0) is 8.27. The van der Waals surface area contributed by atoms with Crippen molar-refractivity contribution in [2.24, 2.45) is 0 Å². The first-order valence-electron chi connectivity index (χ1n) is 3.02. The molecule has 1 aromatic heterocycles. The van der Waals surface area contributed by atoms with Crippen molar-refractivity contribution in [3.63, 3.8) is 0 Å². The van der Waals surface area contributed by atoms with E-state index in [1.54, 1.807) is 0 Å². The van der Waals surface area contributed by atoms with Crippen molar-refractivity contribution in [2.75, 3.05) is 14.2 Å². The second-order valence-corrected chi connectivity index (χ2v) is 1.87. The van der Waals surface area contributed by atoms with Crippen LogP contribution in [-0.2, 0) is 0 Å². The quantitative estimate of drug-likeness (QED) is 0.605. The lowest BCUT2D eigenvalue weighted by Gasteiger charge is -2.01. The van der Waals surface area contributed by atoms with E-state index in [0.717, 1.165) is 0 Å². The third kappa shape index (κ3) is 1.80. The molecule has 0 unspecified atom stereocenters. The van der Waals surface area contributed by atoms with Crippen molar-refractivity contribution < 1.29 is 13.9 Å². The van der Waals surface area contributed by atoms with Gasteiger partial charge in [0.05, 0.1) is 14.2 Å². The van der Waals surface area contributed by atoms with Crippen LogP contribution in [0.15, 0.2) is 12.1 Å². The highest BCUT2D eigenvalue weighted by molar-refractivity contribution is 5.26. The van der Waals surface area contributed by atoms with E-state index in [1.165, 1.54) is 26.4 Å². The number of aromatic nitrogens is 1. The molecule has 0 atom stereocenters. The van der Waals surface area contributed by atoms with Crippen molar-refractivity contribution in [3.8, 4) is 11.6 Å². The molecular weight excluding hydrogens is 149 g/mol. The fourth-order valence-electron chi connectivity index (χ4n) is 0.673. The Labute approximate surface area is 63.8 Å². The normalized spacial score (nSPS) is 9.36. The number of halogens is 1. The summed E-state index contributed by atoms with van der Waals surface area (Å²) >= 11 is 0. The first-order chi connectivity index (χ1) is 5.26. The van der Waals surface area contributed by atoms with Crippen LogP contribution in [0.1, 0.15) is 0 Å². The standard InChI is InChI=1S/C7H8FNO2/c1-10-5-3-6(8)9-7(4-5)11-2/h3-4H,1-2H3. The van der Waals surface area contributed by atoms with Crippen LogP contribution in [0.2, 0.25) is 0 Å². The van der Waals surface area contributed by atoms with E-state index >= 15 is 0 Å². The van der Waals surface area contributed by atoms with Crippen molar-refractivity contribution in [1.82, 2.24) is 4.98 Å². The van der Waals surface area contributed by atoms with Crippen LogP contribution in [0, 0.1) is 5.95 Å². The molecule has 0 saturated carbocycles. The number of ether oxygens (including phenoxy) is 2. The molecule has 4 heteroatoms. The van der Waals surface area contributed by atoms with Crippen LogP contribution in [0.5, 0.6) is 11.6 Å². The number of hydrogen-bond donors (Lipinski definition) is 0. The molecule has 0 aliphatic carbocycles. The molecule has 0 radical (unpaired) electrons. The molecule has 1 rings (SSSR count). The van der Waals surface area contributed by atoms with Crippen LogP contribution in [0.25, 0.3) is 0 Å². The Bertz CT molecular complexity index is 230. The Hall–Kier alpha value is -1.32. The predicted octanol–water partition coefficient (Wildman–Crippen LogP) is 1.24. The predicted molar refractivity (Wildman–Crippen MR) is 37.3 cm³/mol. The third-order valence-electron chi connectivity index (χ3n) is 1.19. The number of pyridine rings is 1. The molecule has 1 aromatic rings. The summed E-state index contributed by atoms with van der Waals surface area (Å²) in [5.74, 6) is -0.00241. The van der Waals surface area contributed by atoms with E-state index < -0.39 is 5.95 Å². The molecule has 0 aliphatic heterocycles. The number of methoxy groups -OCH3 is 2. The lowest BCUT2D eigenvalue weighted by atomic mass is 10.4. The summed E-state index contributed by atoms with van der Waals surface area (Å²) in [4.78, 5) is 3.43. The smallest absolute Gasteiger partial charge is 0.219 e. The highest BCUT2D eigenvalue weighted by Gasteiger charge is 2.00. The molecule has 60 valence electrons. The fraction of sp³-hybridized carbons (Fsp3) is 0.286. The van der Waals surface area contributed by atoms with Gasteiger partial charge in [0.15, 0.2) is 0 Å². The van der Waals surface area contributed by atoms with Gasteiger partial charge in [0.2, 0.25) is 11.8 Å². The van der Waals surface area contributed by atoms with Crippen LogP contribution < -0.4 is 9.47 Å². The highest BCUT2D eigenvalue weighted by atomic mass is 19.1. The Morgan fingerprint density at radius 1 is 1.27 bits per heavy atom. The minimum Gasteiger partial charge on any atom is -0.496 e. The van der Waals surface area contributed by atoms with Gasteiger partial charge >= 0.3 is 0 Å². The van der Waals surface area contributed by atoms with Gasteiger partial charge in [0.1, 0.15) is 5.75 Å². The summed E-state index contributed by atoms with van der Waals surface area (Å²) in [6.45, 7) is 0. The SMILES string of the molecule is COc1cc(F)nc(OC)c1. The Morgan fingerprint density at radius 3 is 2.55 bits per heavy atom. The largest absolute Gasteiger partial charge is 0.496 e. The van der Waals surface area contributed by atoms with Gasteiger partial charge in [-0.1, -0.05) is 0 Å². The number of nitrogens with zero attached hydrogens (tertiary/aromatic N) is 1. The summed E-state index contributed by atoms with van der Waals surface area (Å²) < 4.78 is 22.0. The van der Waals surface area contributed by atoms with E-state index in [-0.39, 0.29) is 5.88 Å².